The van der Waals surface area contributed by atoms with Crippen LogP contribution in [-0.2, 0) is 16.6 Å². The van der Waals surface area contributed by atoms with Crippen molar-refractivity contribution >= 4 is 5.91 Å². The lowest BCUT2D eigenvalue weighted by molar-refractivity contribution is -0.119. The molecule has 134 valence electrons. The molecule has 0 heterocycles. The van der Waals surface area contributed by atoms with Crippen LogP contribution in [0.4, 0.5) is 0 Å². The van der Waals surface area contributed by atoms with Gasteiger partial charge in [0.25, 0.3) is 0 Å². The number of amides is 1. The molecule has 2 aromatic carbocycles. The summed E-state index contributed by atoms with van der Waals surface area (Å²) in [5.74, 6) is 0.450. The molecule has 0 bridgehead atoms. The smallest absolute Gasteiger partial charge is 0.225 e. The van der Waals surface area contributed by atoms with Crippen LogP contribution in [-0.4, -0.2) is 20.1 Å². The summed E-state index contributed by atoms with van der Waals surface area (Å²) in [4.78, 5) is 12.0. The topological polar surface area (TPSA) is 61.5 Å². The summed E-state index contributed by atoms with van der Waals surface area (Å²) in [7, 11) is 3.16. The molecular formula is C21H27NO3. The maximum absolute atomic E-state index is 12.0. The molecule has 0 aliphatic rings. The van der Waals surface area contributed by atoms with Gasteiger partial charge in [-0.3, -0.25) is 4.79 Å². The molecule has 0 saturated heterocycles. The van der Waals surface area contributed by atoms with Crippen molar-refractivity contribution in [2.75, 3.05) is 14.2 Å². The van der Waals surface area contributed by atoms with Gasteiger partial charge in [-0.05, 0) is 40.7 Å². The van der Waals surface area contributed by atoms with Crippen molar-refractivity contribution < 1.29 is 14.3 Å². The number of benzene rings is 2. The van der Waals surface area contributed by atoms with Gasteiger partial charge in [-0.15, -0.1) is 0 Å². The third-order valence-corrected chi connectivity index (χ3v) is 4.41. The molecule has 0 radical (unpaired) electrons. The number of rotatable bonds is 6. The van der Waals surface area contributed by atoms with Gasteiger partial charge < -0.3 is 15.2 Å². The number of hydrogen-bond acceptors (Lipinski definition) is 3. The standard InChI is InChI=1S/C21H27NO3/c1-21(2,3)16-9-6-14(7-10-16)12-17(20(22)23)15-8-11-18(24-4)19(13-15)25-5/h6-11,13,17H,12H2,1-5H3,(H2,22,23). The molecule has 0 spiro atoms. The van der Waals surface area contributed by atoms with Crippen molar-refractivity contribution in [3.05, 3.63) is 59.2 Å². The van der Waals surface area contributed by atoms with E-state index in [4.69, 9.17) is 15.2 Å². The van der Waals surface area contributed by atoms with E-state index in [1.165, 1.54) is 5.56 Å². The quantitative estimate of drug-likeness (QED) is 0.869. The molecule has 1 amide bonds. The van der Waals surface area contributed by atoms with Gasteiger partial charge in [-0.1, -0.05) is 51.1 Å². The summed E-state index contributed by atoms with van der Waals surface area (Å²) >= 11 is 0. The van der Waals surface area contributed by atoms with Crippen LogP contribution in [0, 0.1) is 0 Å². The highest BCUT2D eigenvalue weighted by Gasteiger charge is 2.21. The number of nitrogens with two attached hydrogens (primary N) is 1. The Balaban J connectivity index is 2.29. The number of carbonyl (C=O) groups excluding carboxylic acids is 1. The second kappa shape index (κ2) is 7.60. The van der Waals surface area contributed by atoms with E-state index in [1.54, 1.807) is 20.3 Å². The Bertz CT molecular complexity index is 730. The number of methoxy groups -OCH3 is 2. The molecule has 0 aromatic heterocycles. The Labute approximate surface area is 150 Å². The van der Waals surface area contributed by atoms with Crippen LogP contribution < -0.4 is 15.2 Å². The van der Waals surface area contributed by atoms with Crippen LogP contribution >= 0.6 is 0 Å². The lowest BCUT2D eigenvalue weighted by atomic mass is 9.85. The summed E-state index contributed by atoms with van der Waals surface area (Å²) < 4.78 is 10.6. The van der Waals surface area contributed by atoms with Gasteiger partial charge in [0, 0.05) is 0 Å². The van der Waals surface area contributed by atoms with Gasteiger partial charge in [-0.2, -0.15) is 0 Å². The van der Waals surface area contributed by atoms with Crippen LogP contribution in [0.15, 0.2) is 42.5 Å². The molecule has 0 saturated carbocycles. The molecule has 0 fully saturated rings. The second-order valence-corrected chi connectivity index (χ2v) is 7.22. The van der Waals surface area contributed by atoms with Gasteiger partial charge in [0.2, 0.25) is 5.91 Å². The van der Waals surface area contributed by atoms with Crippen LogP contribution in [0.3, 0.4) is 0 Å². The van der Waals surface area contributed by atoms with E-state index < -0.39 is 5.92 Å². The minimum Gasteiger partial charge on any atom is -0.493 e. The van der Waals surface area contributed by atoms with Crippen molar-refractivity contribution in [2.45, 2.75) is 38.5 Å². The second-order valence-electron chi connectivity index (χ2n) is 7.22. The molecule has 0 aliphatic heterocycles. The zero-order chi connectivity index (χ0) is 18.6. The normalized spacial score (nSPS) is 12.5. The van der Waals surface area contributed by atoms with Gasteiger partial charge >= 0.3 is 0 Å². The zero-order valence-electron chi connectivity index (χ0n) is 15.6. The van der Waals surface area contributed by atoms with Crippen molar-refractivity contribution in [3.8, 4) is 11.5 Å². The molecule has 25 heavy (non-hydrogen) atoms. The molecule has 4 heteroatoms. The Morgan fingerprint density at radius 3 is 2.08 bits per heavy atom. The molecule has 0 aliphatic carbocycles. The van der Waals surface area contributed by atoms with Crippen molar-refractivity contribution in [2.24, 2.45) is 5.73 Å². The molecule has 2 aromatic rings. The third-order valence-electron chi connectivity index (χ3n) is 4.41. The zero-order valence-corrected chi connectivity index (χ0v) is 15.6. The number of ether oxygens (including phenoxy) is 2. The van der Waals surface area contributed by atoms with Crippen molar-refractivity contribution in [3.63, 3.8) is 0 Å². The average molecular weight is 341 g/mol. The summed E-state index contributed by atoms with van der Waals surface area (Å²) in [6, 6.07) is 13.8. The summed E-state index contributed by atoms with van der Waals surface area (Å²) in [6.07, 6.45) is 0.551. The van der Waals surface area contributed by atoms with Gasteiger partial charge in [0.05, 0.1) is 20.1 Å². The van der Waals surface area contributed by atoms with Crippen LogP contribution in [0.1, 0.15) is 43.4 Å². The first kappa shape index (κ1) is 18.8. The first-order valence-electron chi connectivity index (χ1n) is 8.37. The van der Waals surface area contributed by atoms with E-state index in [0.29, 0.717) is 17.9 Å². The average Bonchev–Trinajstić information content (AvgIpc) is 2.58. The van der Waals surface area contributed by atoms with Gasteiger partial charge in [0.1, 0.15) is 0 Å². The highest BCUT2D eigenvalue weighted by molar-refractivity contribution is 5.82. The third kappa shape index (κ3) is 4.53. The molecular weight excluding hydrogens is 314 g/mol. The van der Waals surface area contributed by atoms with Crippen molar-refractivity contribution in [1.82, 2.24) is 0 Å². The number of primary amides is 1. The van der Waals surface area contributed by atoms with E-state index in [2.05, 4.69) is 45.0 Å². The van der Waals surface area contributed by atoms with E-state index in [0.717, 1.165) is 11.1 Å². The lowest BCUT2D eigenvalue weighted by Crippen LogP contribution is -2.23. The molecule has 1 atom stereocenters. The highest BCUT2D eigenvalue weighted by atomic mass is 16.5. The lowest BCUT2D eigenvalue weighted by Gasteiger charge is -2.20. The Morgan fingerprint density at radius 1 is 1.00 bits per heavy atom. The summed E-state index contributed by atoms with van der Waals surface area (Å²) in [6.45, 7) is 6.54. The van der Waals surface area contributed by atoms with Crippen LogP contribution in [0.25, 0.3) is 0 Å². The van der Waals surface area contributed by atoms with Crippen LogP contribution in [0.5, 0.6) is 11.5 Å². The predicted octanol–water partition coefficient (Wildman–Crippen LogP) is 3.81. The Hall–Kier alpha value is -2.49. The molecule has 4 nitrogen and oxygen atoms in total. The molecule has 2 N–H and O–H groups in total. The van der Waals surface area contributed by atoms with E-state index in [9.17, 15) is 4.79 Å². The highest BCUT2D eigenvalue weighted by Crippen LogP contribution is 2.32. The summed E-state index contributed by atoms with van der Waals surface area (Å²) in [5.41, 5.74) is 8.93. The first-order valence-corrected chi connectivity index (χ1v) is 8.37. The van der Waals surface area contributed by atoms with E-state index in [1.807, 2.05) is 12.1 Å². The van der Waals surface area contributed by atoms with Gasteiger partial charge in [0.15, 0.2) is 11.5 Å². The number of hydrogen-bond donors (Lipinski definition) is 1. The fourth-order valence-corrected chi connectivity index (χ4v) is 2.83. The Morgan fingerprint density at radius 2 is 1.60 bits per heavy atom. The fraction of sp³-hybridized carbons (Fsp3) is 0.381. The number of carbonyl (C=O) groups is 1. The summed E-state index contributed by atoms with van der Waals surface area (Å²) in [5, 5.41) is 0. The maximum Gasteiger partial charge on any atom is 0.225 e. The minimum atomic E-state index is -0.416. The maximum atomic E-state index is 12.0. The largest absolute Gasteiger partial charge is 0.493 e. The minimum absolute atomic E-state index is 0.102. The van der Waals surface area contributed by atoms with Crippen LogP contribution in [0.2, 0.25) is 0 Å². The van der Waals surface area contributed by atoms with E-state index in [-0.39, 0.29) is 11.3 Å². The van der Waals surface area contributed by atoms with Gasteiger partial charge in [-0.25, -0.2) is 0 Å². The first-order chi connectivity index (χ1) is 11.8. The Kier molecular flexibility index (Phi) is 5.73. The molecule has 2 rings (SSSR count). The SMILES string of the molecule is COc1ccc(C(Cc2ccc(C(C)(C)C)cc2)C(N)=O)cc1OC. The van der Waals surface area contributed by atoms with Crippen molar-refractivity contribution in [1.29, 1.82) is 0 Å². The monoisotopic (exact) mass is 341 g/mol. The fourth-order valence-electron chi connectivity index (χ4n) is 2.83. The molecule has 1 unspecified atom stereocenters. The van der Waals surface area contributed by atoms with E-state index >= 15 is 0 Å². The predicted molar refractivity (Wildman–Crippen MR) is 100 cm³/mol.